The minimum Gasteiger partial charge on any atom is -0.364 e. The highest BCUT2D eigenvalue weighted by atomic mass is 16.5. The minimum absolute atomic E-state index is 0.106. The molecule has 2 heterocycles. The second-order valence-corrected chi connectivity index (χ2v) is 3.61. The largest absolute Gasteiger partial charge is 0.364 e. The van der Waals surface area contributed by atoms with E-state index in [1.165, 1.54) is 6.26 Å². The Morgan fingerprint density at radius 3 is 2.81 bits per heavy atom. The number of aromatic nitrogens is 1. The fourth-order valence-electron chi connectivity index (χ4n) is 1.69. The summed E-state index contributed by atoms with van der Waals surface area (Å²) >= 11 is 0. The van der Waals surface area contributed by atoms with Gasteiger partial charge in [0.2, 0.25) is 0 Å². The molecule has 1 aromatic rings. The number of hydrogen-bond donors (Lipinski definition) is 0. The predicted molar refractivity (Wildman–Crippen MR) is 54.5 cm³/mol. The van der Waals surface area contributed by atoms with Crippen molar-refractivity contribution in [2.45, 2.75) is 0 Å². The Labute approximate surface area is 93.0 Å². The summed E-state index contributed by atoms with van der Waals surface area (Å²) in [6.45, 7) is 3.15. The zero-order chi connectivity index (χ0) is 11.4. The van der Waals surface area contributed by atoms with Crippen molar-refractivity contribution >= 4 is 5.91 Å². The standard InChI is InChI=1S/C10H12N4O2/c11-2-3-13-4-6-14(7-5-13)10(15)9-1-8-16-12-9/h1,8H,3-7H2. The van der Waals surface area contributed by atoms with Gasteiger partial charge >= 0.3 is 0 Å². The zero-order valence-corrected chi connectivity index (χ0v) is 8.80. The van der Waals surface area contributed by atoms with E-state index in [4.69, 9.17) is 5.26 Å². The molecule has 6 nitrogen and oxygen atoms in total. The zero-order valence-electron chi connectivity index (χ0n) is 8.80. The van der Waals surface area contributed by atoms with Gasteiger partial charge in [-0.1, -0.05) is 5.16 Å². The number of nitriles is 1. The quantitative estimate of drug-likeness (QED) is 0.654. The Morgan fingerprint density at radius 1 is 1.50 bits per heavy atom. The van der Waals surface area contributed by atoms with E-state index in [0.29, 0.717) is 25.3 Å². The molecule has 0 aliphatic carbocycles. The predicted octanol–water partition coefficient (Wildman–Crippen LogP) is -0.0440. The summed E-state index contributed by atoms with van der Waals surface area (Å²) in [6, 6.07) is 3.66. The summed E-state index contributed by atoms with van der Waals surface area (Å²) in [7, 11) is 0. The summed E-state index contributed by atoms with van der Waals surface area (Å²) in [6.07, 6.45) is 1.39. The van der Waals surface area contributed by atoms with Crippen molar-refractivity contribution in [3.05, 3.63) is 18.0 Å². The van der Waals surface area contributed by atoms with Crippen LogP contribution in [0.3, 0.4) is 0 Å². The third kappa shape index (κ3) is 2.20. The highest BCUT2D eigenvalue weighted by Crippen LogP contribution is 2.06. The van der Waals surface area contributed by atoms with Crippen LogP contribution in [-0.4, -0.2) is 53.6 Å². The van der Waals surface area contributed by atoms with Crippen molar-refractivity contribution in [2.24, 2.45) is 0 Å². The van der Waals surface area contributed by atoms with Gasteiger partial charge in [0, 0.05) is 32.2 Å². The fourth-order valence-corrected chi connectivity index (χ4v) is 1.69. The summed E-state index contributed by atoms with van der Waals surface area (Å²) < 4.78 is 4.64. The summed E-state index contributed by atoms with van der Waals surface area (Å²) in [5.41, 5.74) is 0.341. The van der Waals surface area contributed by atoms with E-state index in [9.17, 15) is 4.79 Å². The summed E-state index contributed by atoms with van der Waals surface area (Å²) in [4.78, 5) is 15.6. The van der Waals surface area contributed by atoms with Crippen molar-refractivity contribution in [3.63, 3.8) is 0 Å². The van der Waals surface area contributed by atoms with Gasteiger partial charge in [0.05, 0.1) is 12.6 Å². The first-order chi connectivity index (χ1) is 7.81. The van der Waals surface area contributed by atoms with Gasteiger partial charge in [-0.05, 0) is 0 Å². The van der Waals surface area contributed by atoms with Crippen LogP contribution in [0.1, 0.15) is 10.5 Å². The Morgan fingerprint density at radius 2 is 2.25 bits per heavy atom. The van der Waals surface area contributed by atoms with Crippen molar-refractivity contribution < 1.29 is 9.32 Å². The van der Waals surface area contributed by atoms with E-state index in [1.807, 2.05) is 4.90 Å². The molecule has 0 bridgehead atoms. The molecular weight excluding hydrogens is 208 g/mol. The van der Waals surface area contributed by atoms with Crippen LogP contribution in [0.4, 0.5) is 0 Å². The average Bonchev–Trinajstić information content (AvgIpc) is 2.83. The number of carbonyl (C=O) groups excluding carboxylic acids is 1. The van der Waals surface area contributed by atoms with Gasteiger partial charge in [0.1, 0.15) is 6.26 Å². The van der Waals surface area contributed by atoms with Crippen LogP contribution in [-0.2, 0) is 0 Å². The van der Waals surface area contributed by atoms with Crippen LogP contribution in [0, 0.1) is 11.3 Å². The van der Waals surface area contributed by atoms with Crippen molar-refractivity contribution in [2.75, 3.05) is 32.7 Å². The molecule has 1 aliphatic rings. The Hall–Kier alpha value is -1.87. The molecule has 0 unspecified atom stereocenters. The van der Waals surface area contributed by atoms with E-state index < -0.39 is 0 Å². The molecule has 6 heteroatoms. The summed E-state index contributed by atoms with van der Waals surface area (Å²) in [5, 5.41) is 12.2. The molecule has 16 heavy (non-hydrogen) atoms. The molecule has 1 saturated heterocycles. The SMILES string of the molecule is N#CCN1CCN(C(=O)c2ccon2)CC1. The molecule has 0 N–H and O–H groups in total. The number of amides is 1. The average molecular weight is 220 g/mol. The maximum Gasteiger partial charge on any atom is 0.276 e. The number of piperazine rings is 1. The molecule has 0 saturated carbocycles. The lowest BCUT2D eigenvalue weighted by Crippen LogP contribution is -2.48. The van der Waals surface area contributed by atoms with E-state index >= 15 is 0 Å². The van der Waals surface area contributed by atoms with E-state index in [-0.39, 0.29) is 5.91 Å². The summed E-state index contributed by atoms with van der Waals surface area (Å²) in [5.74, 6) is -0.106. The molecule has 0 aromatic carbocycles. The molecular formula is C10H12N4O2. The first kappa shape index (κ1) is 10.6. The highest BCUT2D eigenvalue weighted by Gasteiger charge is 2.23. The smallest absolute Gasteiger partial charge is 0.276 e. The highest BCUT2D eigenvalue weighted by molar-refractivity contribution is 5.92. The lowest BCUT2D eigenvalue weighted by Gasteiger charge is -2.32. The van der Waals surface area contributed by atoms with E-state index in [1.54, 1.807) is 11.0 Å². The first-order valence-electron chi connectivity index (χ1n) is 5.10. The van der Waals surface area contributed by atoms with E-state index in [2.05, 4.69) is 15.7 Å². The lowest BCUT2D eigenvalue weighted by molar-refractivity contribution is 0.0641. The van der Waals surface area contributed by atoms with Gasteiger partial charge in [0.15, 0.2) is 5.69 Å². The van der Waals surface area contributed by atoms with Crippen LogP contribution in [0.2, 0.25) is 0 Å². The third-order valence-electron chi connectivity index (χ3n) is 2.61. The number of hydrogen-bond acceptors (Lipinski definition) is 5. The Kier molecular flexibility index (Phi) is 3.17. The number of rotatable bonds is 2. The van der Waals surface area contributed by atoms with Crippen LogP contribution in [0.15, 0.2) is 16.9 Å². The molecule has 1 aromatic heterocycles. The van der Waals surface area contributed by atoms with Gasteiger partial charge in [-0.15, -0.1) is 0 Å². The van der Waals surface area contributed by atoms with Gasteiger partial charge < -0.3 is 9.42 Å². The van der Waals surface area contributed by atoms with Gasteiger partial charge in [-0.3, -0.25) is 9.69 Å². The Balaban J connectivity index is 1.90. The molecule has 84 valence electrons. The van der Waals surface area contributed by atoms with Crippen molar-refractivity contribution in [3.8, 4) is 6.07 Å². The second-order valence-electron chi connectivity index (χ2n) is 3.61. The van der Waals surface area contributed by atoms with E-state index in [0.717, 1.165) is 13.1 Å². The van der Waals surface area contributed by atoms with Gasteiger partial charge in [0.25, 0.3) is 5.91 Å². The van der Waals surface area contributed by atoms with Crippen LogP contribution < -0.4 is 0 Å². The maximum absolute atomic E-state index is 11.8. The molecule has 0 atom stereocenters. The Bertz CT molecular complexity index is 387. The monoisotopic (exact) mass is 220 g/mol. The van der Waals surface area contributed by atoms with Crippen molar-refractivity contribution in [1.29, 1.82) is 5.26 Å². The first-order valence-corrected chi connectivity index (χ1v) is 5.10. The molecule has 0 spiro atoms. The maximum atomic E-state index is 11.8. The fraction of sp³-hybridized carbons (Fsp3) is 0.500. The van der Waals surface area contributed by atoms with Gasteiger partial charge in [-0.2, -0.15) is 5.26 Å². The third-order valence-corrected chi connectivity index (χ3v) is 2.61. The van der Waals surface area contributed by atoms with Crippen LogP contribution in [0.5, 0.6) is 0 Å². The lowest BCUT2D eigenvalue weighted by atomic mass is 10.3. The molecule has 1 aliphatic heterocycles. The molecule has 0 radical (unpaired) electrons. The molecule has 2 rings (SSSR count). The van der Waals surface area contributed by atoms with Crippen LogP contribution >= 0.6 is 0 Å². The molecule has 1 fully saturated rings. The number of nitrogens with zero attached hydrogens (tertiary/aromatic N) is 4. The molecule has 1 amide bonds. The van der Waals surface area contributed by atoms with Crippen LogP contribution in [0.25, 0.3) is 0 Å². The van der Waals surface area contributed by atoms with Gasteiger partial charge in [-0.25, -0.2) is 0 Å². The topological polar surface area (TPSA) is 73.4 Å². The minimum atomic E-state index is -0.106. The normalized spacial score (nSPS) is 17.1. The number of carbonyl (C=O) groups is 1. The van der Waals surface area contributed by atoms with Crippen molar-refractivity contribution in [1.82, 2.24) is 15.0 Å². The second kappa shape index (κ2) is 4.77.